The van der Waals surface area contributed by atoms with Crippen molar-refractivity contribution in [2.24, 2.45) is 17.4 Å². The largest absolute Gasteiger partial charge is 0.507 e. The Morgan fingerprint density at radius 3 is 2.35 bits per heavy atom. The number of carbonyl (C=O) groups excluding carboxylic acids is 3. The van der Waals surface area contributed by atoms with E-state index in [2.05, 4.69) is 5.32 Å². The minimum Gasteiger partial charge on any atom is -0.507 e. The number of Topliss-reactive ketones (excluding diaryl/α,β-unsaturated/α-hetero) is 1. The highest BCUT2D eigenvalue weighted by molar-refractivity contribution is 5.94. The smallest absolute Gasteiger partial charge is 0.342 e. The number of aliphatic hydroxyl groups is 2. The number of phenols is 1. The molecule has 1 saturated carbocycles. The van der Waals surface area contributed by atoms with Gasteiger partial charge < -0.3 is 36.8 Å². The summed E-state index contributed by atoms with van der Waals surface area (Å²) in [4.78, 5) is 36.8. The summed E-state index contributed by atoms with van der Waals surface area (Å²) in [6, 6.07) is 9.32. The zero-order valence-corrected chi connectivity index (χ0v) is 21.4. The maximum absolute atomic E-state index is 12.9. The summed E-state index contributed by atoms with van der Waals surface area (Å²) in [5.41, 5.74) is 7.73. The van der Waals surface area contributed by atoms with Crippen molar-refractivity contribution in [1.82, 2.24) is 5.32 Å². The second-order valence-corrected chi connectivity index (χ2v) is 9.95. The maximum atomic E-state index is 12.9. The molecule has 0 aromatic heterocycles. The van der Waals surface area contributed by atoms with Gasteiger partial charge in [0, 0.05) is 17.5 Å². The first-order chi connectivity index (χ1) is 17.2. The van der Waals surface area contributed by atoms with Crippen LogP contribution in [0.2, 0.25) is 0 Å². The Morgan fingerprint density at radius 1 is 1.14 bits per heavy atom. The third kappa shape index (κ3) is 4.68. The molecule has 1 aliphatic carbocycles. The Bertz CT molecular complexity index is 1190. The minimum absolute atomic E-state index is 0.0734. The lowest BCUT2D eigenvalue weighted by Crippen LogP contribution is -2.72. The van der Waals surface area contributed by atoms with E-state index in [0.29, 0.717) is 16.7 Å². The Morgan fingerprint density at radius 2 is 1.78 bits per heavy atom. The lowest BCUT2D eigenvalue weighted by molar-refractivity contribution is -0.183. The number of nitrogens with one attached hydrogen (secondary N) is 1. The van der Waals surface area contributed by atoms with Gasteiger partial charge >= 0.3 is 12.0 Å². The zero-order valence-electron chi connectivity index (χ0n) is 21.4. The van der Waals surface area contributed by atoms with Gasteiger partial charge in [0.25, 0.3) is 0 Å². The number of phenolic OH excluding ortho intramolecular Hbond substituents is 1. The molecule has 10 heteroatoms. The second-order valence-electron chi connectivity index (χ2n) is 9.95. The number of hydrogen-bond acceptors (Lipinski definition) is 8. The van der Waals surface area contributed by atoms with Crippen LogP contribution in [-0.4, -0.2) is 62.5 Å². The lowest BCUT2D eigenvalue weighted by atomic mass is 9.74. The average Bonchev–Trinajstić information content (AvgIpc) is 2.94. The number of hydrogen-bond donors (Lipinski definition) is 6. The number of urea groups is 1. The molecule has 10 nitrogen and oxygen atoms in total. The Hall–Kier alpha value is -3.47. The van der Waals surface area contributed by atoms with E-state index in [0.717, 1.165) is 0 Å². The molecule has 1 aliphatic rings. The van der Waals surface area contributed by atoms with E-state index in [1.807, 2.05) is 0 Å². The maximum Gasteiger partial charge on any atom is 0.342 e. The molecule has 2 aromatic carbocycles. The van der Waals surface area contributed by atoms with Gasteiger partial charge in [-0.05, 0) is 56.9 Å². The van der Waals surface area contributed by atoms with Gasteiger partial charge in [-0.2, -0.15) is 0 Å². The van der Waals surface area contributed by atoms with Crippen molar-refractivity contribution < 1.29 is 34.4 Å². The summed E-state index contributed by atoms with van der Waals surface area (Å²) in [6.45, 7) is 5.36. The third-order valence-corrected chi connectivity index (χ3v) is 7.90. The lowest BCUT2D eigenvalue weighted by Gasteiger charge is -2.46. The van der Waals surface area contributed by atoms with Gasteiger partial charge in [-0.1, -0.05) is 37.3 Å². The molecule has 2 aromatic rings. The topological polar surface area (TPSA) is 185 Å². The number of amides is 2. The Kier molecular flexibility index (Phi) is 7.69. The molecule has 8 N–H and O–H groups in total. The first kappa shape index (κ1) is 28.1. The van der Waals surface area contributed by atoms with Crippen LogP contribution in [0.5, 0.6) is 5.75 Å². The first-order valence-electron chi connectivity index (χ1n) is 12.1. The van der Waals surface area contributed by atoms with E-state index in [9.17, 15) is 29.7 Å². The standard InChI is InChI=1S/C27H35N3O7/c1-5-26(30-24(29)34)22(28)19(13-17-9-7-10-18(12-17)16(3)31)27(36,25(26,4)35)14-37-23(33)21-15(2)8-6-11-20(21)32/h6-12,19,22,32,35-36H,5,13-14,28H2,1-4H3,(H3,29,30,34)/t19-,22-,25+,26-,27+/m0/s1. The van der Waals surface area contributed by atoms with Gasteiger partial charge in [-0.25, -0.2) is 9.59 Å². The van der Waals surface area contributed by atoms with E-state index < -0.39 is 47.3 Å². The Labute approximate surface area is 215 Å². The molecule has 1 fully saturated rings. The van der Waals surface area contributed by atoms with Gasteiger partial charge in [0.15, 0.2) is 5.78 Å². The highest BCUT2D eigenvalue weighted by atomic mass is 16.5. The summed E-state index contributed by atoms with van der Waals surface area (Å²) in [7, 11) is 0. The fraction of sp³-hybridized carbons (Fsp3) is 0.444. The number of carbonyl (C=O) groups is 3. The molecule has 0 aliphatic heterocycles. The van der Waals surface area contributed by atoms with Crippen LogP contribution in [-0.2, 0) is 11.2 Å². The van der Waals surface area contributed by atoms with E-state index in [1.54, 1.807) is 50.2 Å². The van der Waals surface area contributed by atoms with Crippen LogP contribution in [0, 0.1) is 12.8 Å². The van der Waals surface area contributed by atoms with Gasteiger partial charge in [-0.3, -0.25) is 4.79 Å². The van der Waals surface area contributed by atoms with Crippen molar-refractivity contribution in [3.63, 3.8) is 0 Å². The summed E-state index contributed by atoms with van der Waals surface area (Å²) in [6.07, 6.45) is 0.188. The SMILES string of the molecule is CC[C@]1(NC(N)=O)[C@@H](N)[C@H](Cc2cccc(C(C)=O)c2)[C@](O)(COC(=O)c2c(C)cccc2O)[C@]1(C)O. The van der Waals surface area contributed by atoms with Gasteiger partial charge in [0.05, 0.1) is 5.54 Å². The Balaban J connectivity index is 2.07. The number of primary amides is 1. The number of nitrogens with two attached hydrogens (primary N) is 2. The summed E-state index contributed by atoms with van der Waals surface area (Å²) >= 11 is 0. The second kappa shape index (κ2) is 10.1. The molecule has 2 amide bonds. The monoisotopic (exact) mass is 513 g/mol. The molecular weight excluding hydrogens is 478 g/mol. The number of esters is 1. The van der Waals surface area contributed by atoms with Crippen molar-refractivity contribution in [3.05, 3.63) is 64.7 Å². The van der Waals surface area contributed by atoms with Crippen LogP contribution in [0.25, 0.3) is 0 Å². The van der Waals surface area contributed by atoms with Crippen LogP contribution >= 0.6 is 0 Å². The zero-order chi connectivity index (χ0) is 27.8. The van der Waals surface area contributed by atoms with Crippen molar-refractivity contribution in [3.8, 4) is 5.75 Å². The van der Waals surface area contributed by atoms with Crippen molar-refractivity contribution >= 4 is 17.8 Å². The van der Waals surface area contributed by atoms with E-state index in [1.165, 1.54) is 19.9 Å². The molecule has 0 radical (unpaired) electrons. The quantitative estimate of drug-likeness (QED) is 0.227. The molecule has 0 heterocycles. The molecule has 0 unspecified atom stereocenters. The molecule has 37 heavy (non-hydrogen) atoms. The van der Waals surface area contributed by atoms with Crippen LogP contribution in [0.15, 0.2) is 42.5 Å². The summed E-state index contributed by atoms with van der Waals surface area (Å²) in [5, 5.41) is 36.6. The van der Waals surface area contributed by atoms with Gasteiger partial charge in [-0.15, -0.1) is 0 Å². The number of aryl methyl sites for hydroxylation is 1. The van der Waals surface area contributed by atoms with Crippen LogP contribution in [0.4, 0.5) is 4.79 Å². The number of ether oxygens (including phenoxy) is 1. The van der Waals surface area contributed by atoms with E-state index >= 15 is 0 Å². The predicted octanol–water partition coefficient (Wildman–Crippen LogP) is 1.56. The van der Waals surface area contributed by atoms with E-state index in [-0.39, 0.29) is 29.9 Å². The predicted molar refractivity (Wildman–Crippen MR) is 136 cm³/mol. The van der Waals surface area contributed by atoms with Crippen LogP contribution in [0.3, 0.4) is 0 Å². The van der Waals surface area contributed by atoms with Crippen molar-refractivity contribution in [2.45, 2.75) is 63.3 Å². The fourth-order valence-corrected chi connectivity index (χ4v) is 5.69. The minimum atomic E-state index is -2.16. The van der Waals surface area contributed by atoms with Gasteiger partial charge in [0.1, 0.15) is 29.1 Å². The molecular formula is C27H35N3O7. The van der Waals surface area contributed by atoms with Crippen LogP contribution < -0.4 is 16.8 Å². The van der Waals surface area contributed by atoms with Crippen LogP contribution in [0.1, 0.15) is 59.0 Å². The van der Waals surface area contributed by atoms with Crippen molar-refractivity contribution in [2.75, 3.05) is 6.61 Å². The van der Waals surface area contributed by atoms with E-state index in [4.69, 9.17) is 16.2 Å². The highest BCUT2D eigenvalue weighted by Crippen LogP contribution is 2.52. The first-order valence-corrected chi connectivity index (χ1v) is 12.1. The third-order valence-electron chi connectivity index (χ3n) is 7.90. The average molecular weight is 514 g/mol. The summed E-state index contributed by atoms with van der Waals surface area (Å²) in [5.74, 6) is -2.29. The highest BCUT2D eigenvalue weighted by Gasteiger charge is 2.73. The number of rotatable bonds is 8. The molecule has 0 spiro atoms. The number of benzene rings is 2. The normalized spacial score (nSPS) is 29.1. The molecule has 0 bridgehead atoms. The number of aromatic hydroxyl groups is 1. The molecule has 5 atom stereocenters. The summed E-state index contributed by atoms with van der Waals surface area (Å²) < 4.78 is 5.47. The molecule has 200 valence electrons. The van der Waals surface area contributed by atoms with Gasteiger partial charge in [0.2, 0.25) is 0 Å². The number of ketones is 1. The van der Waals surface area contributed by atoms with Crippen molar-refractivity contribution in [1.29, 1.82) is 0 Å². The molecule has 0 saturated heterocycles. The molecule has 3 rings (SSSR count). The fourth-order valence-electron chi connectivity index (χ4n) is 5.69.